The predicted molar refractivity (Wildman–Crippen MR) is 126 cm³/mol. The molecule has 33 heavy (non-hydrogen) atoms. The Kier molecular flexibility index (Phi) is 5.83. The van der Waals surface area contributed by atoms with Crippen molar-refractivity contribution in [3.05, 3.63) is 94.1 Å². The molecule has 4 aromatic rings. The van der Waals surface area contributed by atoms with E-state index in [-0.39, 0.29) is 12.4 Å². The lowest BCUT2D eigenvalue weighted by Crippen LogP contribution is -2.13. The van der Waals surface area contributed by atoms with Gasteiger partial charge in [0.25, 0.3) is 0 Å². The monoisotopic (exact) mass is 459 g/mol. The first-order chi connectivity index (χ1) is 16.0. The van der Waals surface area contributed by atoms with Gasteiger partial charge in [0.05, 0.1) is 17.9 Å². The Morgan fingerprint density at radius 3 is 2.70 bits per heavy atom. The van der Waals surface area contributed by atoms with Crippen LogP contribution in [0.5, 0.6) is 11.6 Å². The van der Waals surface area contributed by atoms with Gasteiger partial charge >= 0.3 is 0 Å². The molecule has 0 amide bonds. The van der Waals surface area contributed by atoms with E-state index in [4.69, 9.17) is 14.7 Å². The van der Waals surface area contributed by atoms with Gasteiger partial charge < -0.3 is 9.84 Å². The molecule has 166 valence electrons. The fraction of sp³-hybridized carbons (Fsp3) is 0.192. The third-order valence-corrected chi connectivity index (χ3v) is 6.80. The number of aliphatic hydroxyl groups is 1. The molecule has 0 saturated heterocycles. The maximum absolute atomic E-state index is 13.7. The number of thioether (sulfide) groups is 1. The zero-order chi connectivity index (χ0) is 22.9. The molecule has 0 atom stereocenters. The maximum atomic E-state index is 13.7. The van der Waals surface area contributed by atoms with Crippen molar-refractivity contribution in [2.45, 2.75) is 37.7 Å². The van der Waals surface area contributed by atoms with Gasteiger partial charge in [-0.1, -0.05) is 36.4 Å². The summed E-state index contributed by atoms with van der Waals surface area (Å²) < 4.78 is 20.0. The highest BCUT2D eigenvalue weighted by atomic mass is 32.2. The topological polar surface area (TPSA) is 68.1 Å². The Labute approximate surface area is 195 Å². The second-order valence-corrected chi connectivity index (χ2v) is 8.95. The van der Waals surface area contributed by atoms with Crippen molar-refractivity contribution < 1.29 is 14.2 Å². The van der Waals surface area contributed by atoms with Crippen molar-refractivity contribution >= 4 is 11.8 Å². The Morgan fingerprint density at radius 2 is 1.91 bits per heavy atom. The summed E-state index contributed by atoms with van der Waals surface area (Å²) in [4.78, 5) is 14.0. The van der Waals surface area contributed by atoms with Crippen LogP contribution >= 0.6 is 11.8 Å². The van der Waals surface area contributed by atoms with Gasteiger partial charge in [-0.15, -0.1) is 11.8 Å². The van der Waals surface area contributed by atoms with Gasteiger partial charge in [-0.3, -0.25) is 4.98 Å². The Hall–Kier alpha value is -3.29. The summed E-state index contributed by atoms with van der Waals surface area (Å²) in [5.41, 5.74) is 6.11. The number of rotatable bonds is 5. The molecule has 0 aliphatic carbocycles. The molecular weight excluding hydrogens is 437 g/mol. The van der Waals surface area contributed by atoms with Crippen molar-refractivity contribution in [1.29, 1.82) is 0 Å². The van der Waals surface area contributed by atoms with Gasteiger partial charge in [0.1, 0.15) is 10.8 Å². The molecule has 5 nitrogen and oxygen atoms in total. The standard InChI is InChI=1S/C26H22FN3O2S/c1-15-6-3-4-9-20(15)24-29-25-22(11-21-18(13-31)12-28-16(2)23(21)32-25)26(30-24)33-14-17-7-5-8-19(27)10-17/h3-10,12,31H,11,13-14H2,1-2H3. The molecule has 2 aromatic heterocycles. The minimum atomic E-state index is -0.258. The quantitative estimate of drug-likeness (QED) is 0.266. The minimum Gasteiger partial charge on any atom is -0.436 e. The summed E-state index contributed by atoms with van der Waals surface area (Å²) in [6.45, 7) is 3.78. The Bertz CT molecular complexity index is 1360. The number of ether oxygens (including phenoxy) is 1. The normalized spacial score (nSPS) is 12.1. The number of nitrogens with zero attached hydrogens (tertiary/aromatic N) is 3. The molecule has 3 heterocycles. The molecule has 2 aromatic carbocycles. The Morgan fingerprint density at radius 1 is 1.06 bits per heavy atom. The van der Waals surface area contributed by atoms with Crippen LogP contribution in [0.15, 0.2) is 59.8 Å². The number of hydrogen-bond donors (Lipinski definition) is 1. The van der Waals surface area contributed by atoms with Crippen LogP contribution < -0.4 is 4.74 Å². The summed E-state index contributed by atoms with van der Waals surface area (Å²) in [5, 5.41) is 10.6. The second-order valence-electron chi connectivity index (χ2n) is 7.98. The predicted octanol–water partition coefficient (Wildman–Crippen LogP) is 5.78. The van der Waals surface area contributed by atoms with Gasteiger partial charge in [-0.25, -0.2) is 9.37 Å². The third kappa shape index (κ3) is 4.21. The zero-order valence-electron chi connectivity index (χ0n) is 18.3. The molecule has 0 saturated carbocycles. The number of benzene rings is 2. The van der Waals surface area contributed by atoms with E-state index in [9.17, 15) is 9.50 Å². The lowest BCUT2D eigenvalue weighted by Gasteiger charge is -2.24. The molecule has 7 heteroatoms. The summed E-state index contributed by atoms with van der Waals surface area (Å²) in [6.07, 6.45) is 2.22. The van der Waals surface area contributed by atoms with Crippen molar-refractivity contribution in [1.82, 2.24) is 15.0 Å². The summed E-state index contributed by atoms with van der Waals surface area (Å²) in [6, 6.07) is 14.5. The summed E-state index contributed by atoms with van der Waals surface area (Å²) in [5.74, 6) is 2.03. The first kappa shape index (κ1) is 21.6. The molecule has 1 aliphatic rings. The number of hydrogen-bond acceptors (Lipinski definition) is 6. The van der Waals surface area contributed by atoms with Crippen LogP contribution in [0.2, 0.25) is 0 Å². The maximum Gasteiger partial charge on any atom is 0.227 e. The first-order valence-electron chi connectivity index (χ1n) is 10.6. The van der Waals surface area contributed by atoms with Crippen LogP contribution in [0.1, 0.15) is 33.5 Å². The van der Waals surface area contributed by atoms with E-state index in [1.165, 1.54) is 23.9 Å². The number of aryl methyl sites for hydroxylation is 2. The highest BCUT2D eigenvalue weighted by Gasteiger charge is 2.28. The van der Waals surface area contributed by atoms with Crippen LogP contribution in [0.3, 0.4) is 0 Å². The number of halogens is 1. The molecule has 0 unspecified atom stereocenters. The van der Waals surface area contributed by atoms with E-state index in [2.05, 4.69) is 4.98 Å². The molecule has 0 radical (unpaired) electrons. The molecule has 0 spiro atoms. The number of fused-ring (bicyclic) bond motifs is 2. The minimum absolute atomic E-state index is 0.123. The van der Waals surface area contributed by atoms with Gasteiger partial charge in [-0.2, -0.15) is 4.98 Å². The van der Waals surface area contributed by atoms with Crippen LogP contribution in [0.4, 0.5) is 4.39 Å². The average Bonchev–Trinajstić information content (AvgIpc) is 2.82. The lowest BCUT2D eigenvalue weighted by molar-refractivity contribution is 0.278. The van der Waals surface area contributed by atoms with Crippen LogP contribution in [0.25, 0.3) is 11.4 Å². The number of aromatic nitrogens is 3. The highest BCUT2D eigenvalue weighted by Crippen LogP contribution is 2.43. The van der Waals surface area contributed by atoms with Crippen LogP contribution in [-0.2, 0) is 18.8 Å². The van der Waals surface area contributed by atoms with E-state index < -0.39 is 0 Å². The van der Waals surface area contributed by atoms with Crippen molar-refractivity contribution in [3.8, 4) is 23.0 Å². The van der Waals surface area contributed by atoms with Crippen molar-refractivity contribution in [2.75, 3.05) is 0 Å². The van der Waals surface area contributed by atoms with Gasteiger partial charge in [0, 0.05) is 35.1 Å². The summed E-state index contributed by atoms with van der Waals surface area (Å²) >= 11 is 1.53. The fourth-order valence-corrected chi connectivity index (χ4v) is 4.90. The Balaban J connectivity index is 1.61. The molecule has 5 rings (SSSR count). The van der Waals surface area contributed by atoms with Crippen LogP contribution in [0, 0.1) is 19.7 Å². The SMILES string of the molecule is Cc1ccccc1-c1nc2c(c(SCc3cccc(F)c3)n1)Cc1c(CO)cnc(C)c1O2. The second kappa shape index (κ2) is 8.92. The molecule has 1 aliphatic heterocycles. The summed E-state index contributed by atoms with van der Waals surface area (Å²) in [7, 11) is 0. The number of pyridine rings is 1. The molecule has 0 fully saturated rings. The molecular formula is C26H22FN3O2S. The molecule has 1 N–H and O–H groups in total. The number of aliphatic hydroxyl groups excluding tert-OH is 1. The average molecular weight is 460 g/mol. The van der Waals surface area contributed by atoms with Crippen LogP contribution in [-0.4, -0.2) is 20.1 Å². The van der Waals surface area contributed by atoms with Crippen molar-refractivity contribution in [3.63, 3.8) is 0 Å². The first-order valence-corrected chi connectivity index (χ1v) is 11.6. The largest absolute Gasteiger partial charge is 0.436 e. The zero-order valence-corrected chi connectivity index (χ0v) is 19.1. The van der Waals surface area contributed by atoms with Crippen molar-refractivity contribution in [2.24, 2.45) is 0 Å². The highest BCUT2D eigenvalue weighted by molar-refractivity contribution is 7.98. The third-order valence-electron chi connectivity index (χ3n) is 5.71. The molecule has 0 bridgehead atoms. The van der Waals surface area contributed by atoms with E-state index in [1.54, 1.807) is 12.3 Å². The van der Waals surface area contributed by atoms with E-state index in [1.807, 2.05) is 44.2 Å². The fourth-order valence-electron chi connectivity index (χ4n) is 3.94. The van der Waals surface area contributed by atoms with E-state index in [0.29, 0.717) is 29.6 Å². The van der Waals surface area contributed by atoms with E-state index >= 15 is 0 Å². The van der Waals surface area contributed by atoms with Gasteiger partial charge in [0.15, 0.2) is 11.6 Å². The smallest absolute Gasteiger partial charge is 0.227 e. The van der Waals surface area contributed by atoms with E-state index in [0.717, 1.165) is 44.1 Å². The van der Waals surface area contributed by atoms with Gasteiger partial charge in [0.2, 0.25) is 5.88 Å². The van der Waals surface area contributed by atoms with Gasteiger partial charge in [-0.05, 0) is 37.1 Å². The lowest BCUT2D eigenvalue weighted by atomic mass is 9.99.